The molecule has 25 nitrogen and oxygen atoms in total. The molecule has 1 aliphatic heterocycles. The molecule has 5 N–H and O–H groups in total. The number of halogens is 4. The largest absolute Gasteiger partial charge is 0.417 e. The summed E-state index contributed by atoms with van der Waals surface area (Å²) in [4.78, 5) is 167. The minimum Gasteiger partial charge on any atom is -0.388 e. The number of nitrogens with zero attached hydrogens (tertiary/aromatic N) is 7. The van der Waals surface area contributed by atoms with E-state index in [9.17, 15) is 66.2 Å². The minimum atomic E-state index is -4.80. The van der Waals surface area contributed by atoms with Crippen molar-refractivity contribution in [2.45, 2.75) is 201 Å². The van der Waals surface area contributed by atoms with Crippen LogP contribution in [0.4, 0.5) is 13.2 Å². The third-order valence-corrected chi connectivity index (χ3v) is 17.0. The van der Waals surface area contributed by atoms with Gasteiger partial charge in [0.25, 0.3) is 0 Å². The Balaban J connectivity index is 2.95. The van der Waals surface area contributed by atoms with Gasteiger partial charge in [0.05, 0.1) is 55.6 Å². The zero-order chi connectivity index (χ0) is 72.9. The van der Waals surface area contributed by atoms with Crippen molar-refractivity contribution < 1.29 is 80.5 Å². The highest BCUT2D eigenvalue weighted by molar-refractivity contribution is 6.31. The van der Waals surface area contributed by atoms with Crippen molar-refractivity contribution in [1.82, 2.24) is 55.6 Å². The summed E-state index contributed by atoms with van der Waals surface area (Å²) in [6.07, 6.45) is -4.36. The maximum atomic E-state index is 15.0. The van der Waals surface area contributed by atoms with Gasteiger partial charge >= 0.3 is 6.18 Å². The smallest absolute Gasteiger partial charge is 0.388 e. The Labute approximate surface area is 564 Å². The Kier molecular flexibility index (Phi) is 33.6. The second-order valence-electron chi connectivity index (χ2n) is 27.6. The number of nitrogens with one attached hydrogen (secondary N) is 4. The van der Waals surface area contributed by atoms with Crippen molar-refractivity contribution in [3.05, 3.63) is 34.3 Å². The zero-order valence-corrected chi connectivity index (χ0v) is 60.3. The molecule has 1 heterocycles. The number of likely N-dealkylation sites (N-methyl/N-ethyl adjacent to an activating group) is 7. The summed E-state index contributed by atoms with van der Waals surface area (Å²) in [6, 6.07) is -6.01. The Bertz CT molecular complexity index is 2800. The number of carbonyl (C=O) groups excluding carboxylic acids is 11. The third kappa shape index (κ3) is 26.7. The molecule has 8 atom stereocenters. The van der Waals surface area contributed by atoms with E-state index in [1.54, 1.807) is 20.8 Å². The predicted molar refractivity (Wildman–Crippen MR) is 353 cm³/mol. The molecular weight excluding hydrogens is 1260 g/mol. The molecule has 0 saturated carbocycles. The first-order valence-electron chi connectivity index (χ1n) is 32.6. The van der Waals surface area contributed by atoms with Gasteiger partial charge < -0.3 is 70.1 Å². The highest BCUT2D eigenvalue weighted by Gasteiger charge is 2.43. The topological polar surface area (TPSA) is 297 Å². The molecule has 0 aromatic heterocycles. The molecule has 1 saturated heterocycles. The SMILES string of the molecule is CC[C@H](C)[C@@H]1NC(=O)[C@H](CC(C)C)N(C)C(=O)C[C@@H](C)NC(=O)[C@H](CC(C)C)N(C)C(=O)C(C)(C)NC(=O)[C@H](COCC(C)(C)O)N(C)C(=O)[C@H](CCc2ccc(C(F)(F)F)c(Cl)c2)NC(=O)CN(C)C(=O)[C@H](COCCC(C)C)N(C)C(=O)CN(C)C(=O)CN(CC)C1=O. The number of benzene rings is 1. The van der Waals surface area contributed by atoms with Gasteiger partial charge in [0.1, 0.15) is 41.8 Å². The molecular formula is C66H109ClF3N11O14. The van der Waals surface area contributed by atoms with E-state index in [2.05, 4.69) is 21.3 Å². The van der Waals surface area contributed by atoms with Crippen LogP contribution in [0.2, 0.25) is 5.02 Å². The molecule has 0 unspecified atom stereocenters. The van der Waals surface area contributed by atoms with E-state index in [1.165, 1.54) is 79.8 Å². The van der Waals surface area contributed by atoms with E-state index >= 15 is 4.79 Å². The first-order valence-corrected chi connectivity index (χ1v) is 33.0. The lowest BCUT2D eigenvalue weighted by Crippen LogP contribution is -2.63. The summed E-state index contributed by atoms with van der Waals surface area (Å²) in [5, 5.41) is 21.0. The standard InChI is InChI=1S/C66H109ClF3N11O14/c1-21-42(9)56-62(91)81(22-2)35-54(84)75(15)34-55(85)78(18)51(37-94-28-27-39(3)4)61(90)76(16)33-52(82)72-47(26-24-44-23-25-45(46(67)32-44)66(68,69)70)60(89)79(19)50(36-95-38-64(11,12)93)59(88)74-65(13,14)63(92)80(20)49(30-41(7)8)57(86)71-43(10)31-53(83)77(17)48(29-40(5)6)58(87)73-56/h23,25,32,39-43,47-51,56,93H,21-22,24,26-31,33-38H2,1-20H3,(H,71,86)(H,72,82)(H,73,87)(H,74,88)/t42-,43+,47-,48-,49-,50-,51-,56-/m0/s1. The number of hydrogen-bond donors (Lipinski definition) is 5. The lowest BCUT2D eigenvalue weighted by molar-refractivity contribution is -0.150. The van der Waals surface area contributed by atoms with Gasteiger partial charge in [-0.1, -0.05) is 79.5 Å². The quantitative estimate of drug-likeness (QED) is 0.122. The molecule has 11 amide bonds. The van der Waals surface area contributed by atoms with Crippen molar-refractivity contribution in [3.63, 3.8) is 0 Å². The first-order chi connectivity index (χ1) is 43.8. The molecule has 1 aliphatic rings. The molecule has 95 heavy (non-hydrogen) atoms. The predicted octanol–water partition coefficient (Wildman–Crippen LogP) is 4.13. The Morgan fingerprint density at radius 1 is 0.653 bits per heavy atom. The van der Waals surface area contributed by atoms with Crippen LogP contribution in [0.5, 0.6) is 0 Å². The Morgan fingerprint density at radius 3 is 1.74 bits per heavy atom. The second kappa shape index (κ2) is 37.8. The molecule has 0 radical (unpaired) electrons. The fraction of sp³-hybridized carbons (Fsp3) is 0.742. The number of aliphatic hydroxyl groups is 1. The van der Waals surface area contributed by atoms with Crippen molar-refractivity contribution in [2.24, 2.45) is 23.7 Å². The monoisotopic (exact) mass is 1370 g/mol. The van der Waals surface area contributed by atoms with Gasteiger partial charge in [0.15, 0.2) is 0 Å². The number of hydrogen-bond acceptors (Lipinski definition) is 14. The second-order valence-corrected chi connectivity index (χ2v) is 28.1. The van der Waals surface area contributed by atoms with Crippen LogP contribution >= 0.6 is 11.6 Å². The van der Waals surface area contributed by atoms with E-state index in [1.807, 2.05) is 48.5 Å². The Hall–Kier alpha value is -6.65. The van der Waals surface area contributed by atoms with Crippen molar-refractivity contribution >= 4 is 76.6 Å². The number of rotatable bonds is 19. The summed E-state index contributed by atoms with van der Waals surface area (Å²) in [5.74, 6) is -8.92. The fourth-order valence-corrected chi connectivity index (χ4v) is 10.8. The first kappa shape index (κ1) is 84.4. The number of amides is 11. The molecule has 1 fully saturated rings. The van der Waals surface area contributed by atoms with E-state index < -0.39 is 167 Å². The Morgan fingerprint density at radius 2 is 1.21 bits per heavy atom. The van der Waals surface area contributed by atoms with E-state index in [-0.39, 0.29) is 81.8 Å². The molecule has 1 aromatic rings. The van der Waals surface area contributed by atoms with Crippen LogP contribution in [-0.4, -0.2) is 253 Å². The average Bonchev–Trinajstić information content (AvgIpc) is 0.834. The maximum absolute atomic E-state index is 15.0. The lowest BCUT2D eigenvalue weighted by atomic mass is 9.95. The van der Waals surface area contributed by atoms with Crippen LogP contribution in [-0.2, 0) is 74.8 Å². The maximum Gasteiger partial charge on any atom is 0.417 e. The highest BCUT2D eigenvalue weighted by atomic mass is 35.5. The summed E-state index contributed by atoms with van der Waals surface area (Å²) >= 11 is 6.09. The summed E-state index contributed by atoms with van der Waals surface area (Å²) in [7, 11) is 7.92. The van der Waals surface area contributed by atoms with Gasteiger partial charge in [-0.3, -0.25) is 52.7 Å². The summed E-state index contributed by atoms with van der Waals surface area (Å²) in [6.45, 7) is 20.6. The van der Waals surface area contributed by atoms with Gasteiger partial charge in [-0.15, -0.1) is 0 Å². The summed E-state index contributed by atoms with van der Waals surface area (Å²) < 4.78 is 53.1. The zero-order valence-electron chi connectivity index (χ0n) is 59.6. The minimum absolute atomic E-state index is 0.00609. The normalized spacial score (nSPS) is 23.4. The molecule has 1 aromatic carbocycles. The summed E-state index contributed by atoms with van der Waals surface area (Å²) in [5.41, 5.74) is -4.21. The lowest BCUT2D eigenvalue weighted by Gasteiger charge is -2.38. The van der Waals surface area contributed by atoms with Crippen LogP contribution in [0.3, 0.4) is 0 Å². The molecule has 540 valence electrons. The van der Waals surface area contributed by atoms with Gasteiger partial charge in [-0.2, -0.15) is 13.2 Å². The van der Waals surface area contributed by atoms with Crippen LogP contribution in [0, 0.1) is 23.7 Å². The number of alkyl halides is 3. The highest BCUT2D eigenvalue weighted by Crippen LogP contribution is 2.35. The van der Waals surface area contributed by atoms with Gasteiger partial charge in [0.2, 0.25) is 65.0 Å². The van der Waals surface area contributed by atoms with Gasteiger partial charge in [-0.25, -0.2) is 0 Å². The number of aryl methyl sites for hydroxylation is 1. The van der Waals surface area contributed by atoms with Crippen molar-refractivity contribution in [1.29, 1.82) is 0 Å². The fourth-order valence-electron chi connectivity index (χ4n) is 10.5. The molecule has 0 spiro atoms. The van der Waals surface area contributed by atoms with Crippen LogP contribution in [0.15, 0.2) is 18.2 Å². The molecule has 0 bridgehead atoms. The van der Waals surface area contributed by atoms with Gasteiger partial charge in [-0.05, 0) is 115 Å². The molecule has 29 heteroatoms. The van der Waals surface area contributed by atoms with Crippen molar-refractivity contribution in [2.75, 3.05) is 94.9 Å². The third-order valence-electron chi connectivity index (χ3n) is 16.6. The van der Waals surface area contributed by atoms with Crippen LogP contribution < -0.4 is 21.3 Å². The molecule has 0 aliphatic carbocycles. The van der Waals surface area contributed by atoms with E-state index in [4.69, 9.17) is 21.1 Å². The van der Waals surface area contributed by atoms with Crippen LogP contribution in [0.25, 0.3) is 0 Å². The van der Waals surface area contributed by atoms with E-state index in [0.717, 1.165) is 42.7 Å². The molecule has 2 rings (SSSR count). The number of ether oxygens (including phenoxy) is 2. The van der Waals surface area contributed by atoms with Gasteiger partial charge in [0, 0.05) is 67.9 Å². The van der Waals surface area contributed by atoms with E-state index in [0.29, 0.717) is 12.8 Å². The number of carbonyl (C=O) groups is 11. The van der Waals surface area contributed by atoms with Crippen molar-refractivity contribution in [3.8, 4) is 0 Å². The average molecular weight is 1370 g/mol. The van der Waals surface area contributed by atoms with Crippen LogP contribution in [0.1, 0.15) is 147 Å².